The lowest BCUT2D eigenvalue weighted by atomic mass is 9.77. The SMILES string of the molecule is NC1=NC(c2ccncc2)(c2ccc(F)c(-c3cncnc3)c2)c2cccc(F)c21. The molecule has 0 saturated heterocycles. The predicted octanol–water partition coefficient (Wildman–Crippen LogP) is 3.83. The molecule has 0 fully saturated rings. The number of amidine groups is 1. The fourth-order valence-electron chi connectivity index (χ4n) is 3.99. The molecule has 5 rings (SSSR count). The quantitative estimate of drug-likeness (QED) is 0.568. The van der Waals surface area contributed by atoms with Gasteiger partial charge in [-0.1, -0.05) is 18.2 Å². The maximum absolute atomic E-state index is 14.7. The van der Waals surface area contributed by atoms with Gasteiger partial charge in [-0.15, -0.1) is 0 Å². The summed E-state index contributed by atoms with van der Waals surface area (Å²) in [6.45, 7) is 0. The molecule has 1 atom stereocenters. The van der Waals surface area contributed by atoms with E-state index < -0.39 is 17.2 Å². The number of hydrogen-bond acceptors (Lipinski definition) is 5. The Morgan fingerprint density at radius 2 is 1.57 bits per heavy atom. The summed E-state index contributed by atoms with van der Waals surface area (Å²) in [6.07, 6.45) is 7.72. The van der Waals surface area contributed by atoms with Crippen LogP contribution in [0.5, 0.6) is 0 Å². The van der Waals surface area contributed by atoms with E-state index in [2.05, 4.69) is 15.0 Å². The fourth-order valence-corrected chi connectivity index (χ4v) is 3.99. The number of aromatic nitrogens is 3. The molecule has 4 aromatic rings. The summed E-state index contributed by atoms with van der Waals surface area (Å²) in [5, 5.41) is 0. The Labute approximate surface area is 171 Å². The molecule has 30 heavy (non-hydrogen) atoms. The molecule has 0 saturated carbocycles. The lowest BCUT2D eigenvalue weighted by Crippen LogP contribution is -2.25. The first-order valence-electron chi connectivity index (χ1n) is 9.22. The summed E-state index contributed by atoms with van der Waals surface area (Å²) in [7, 11) is 0. The number of aliphatic imine (C=N–C) groups is 1. The molecule has 2 aromatic carbocycles. The number of benzene rings is 2. The number of halogens is 2. The van der Waals surface area contributed by atoms with Crippen LogP contribution in [0.1, 0.15) is 22.3 Å². The molecule has 7 heteroatoms. The van der Waals surface area contributed by atoms with Gasteiger partial charge in [-0.05, 0) is 41.5 Å². The van der Waals surface area contributed by atoms with Crippen molar-refractivity contribution < 1.29 is 8.78 Å². The highest BCUT2D eigenvalue weighted by atomic mass is 19.1. The first-order valence-corrected chi connectivity index (χ1v) is 9.22. The monoisotopic (exact) mass is 399 g/mol. The van der Waals surface area contributed by atoms with Crippen LogP contribution in [0.2, 0.25) is 0 Å². The Morgan fingerprint density at radius 1 is 0.800 bits per heavy atom. The average molecular weight is 399 g/mol. The van der Waals surface area contributed by atoms with Gasteiger partial charge in [0.1, 0.15) is 29.3 Å². The molecule has 0 amide bonds. The first-order chi connectivity index (χ1) is 14.6. The third-order valence-corrected chi connectivity index (χ3v) is 5.30. The predicted molar refractivity (Wildman–Crippen MR) is 109 cm³/mol. The molecule has 0 radical (unpaired) electrons. The van der Waals surface area contributed by atoms with E-state index in [1.54, 1.807) is 48.8 Å². The average Bonchev–Trinajstić information content (AvgIpc) is 3.10. The zero-order valence-electron chi connectivity index (χ0n) is 15.6. The van der Waals surface area contributed by atoms with Crippen LogP contribution in [-0.2, 0) is 5.54 Å². The van der Waals surface area contributed by atoms with Gasteiger partial charge in [-0.25, -0.2) is 23.7 Å². The molecule has 0 aliphatic carbocycles. The van der Waals surface area contributed by atoms with E-state index in [1.165, 1.54) is 30.9 Å². The highest BCUT2D eigenvalue weighted by Crippen LogP contribution is 2.47. The van der Waals surface area contributed by atoms with Gasteiger partial charge in [0.2, 0.25) is 0 Å². The van der Waals surface area contributed by atoms with Crippen LogP contribution in [0.4, 0.5) is 8.78 Å². The number of nitrogens with zero attached hydrogens (tertiary/aromatic N) is 4. The molecule has 146 valence electrons. The van der Waals surface area contributed by atoms with Crippen molar-refractivity contribution in [3.05, 3.63) is 114 Å². The van der Waals surface area contributed by atoms with Crippen LogP contribution in [0.25, 0.3) is 11.1 Å². The van der Waals surface area contributed by atoms with Crippen molar-refractivity contribution in [2.75, 3.05) is 0 Å². The van der Waals surface area contributed by atoms with Crippen LogP contribution < -0.4 is 5.73 Å². The van der Waals surface area contributed by atoms with E-state index in [-0.39, 0.29) is 11.4 Å². The van der Waals surface area contributed by atoms with Crippen molar-refractivity contribution in [3.8, 4) is 11.1 Å². The van der Waals surface area contributed by atoms with E-state index in [4.69, 9.17) is 10.7 Å². The van der Waals surface area contributed by atoms with Crippen LogP contribution in [0.3, 0.4) is 0 Å². The van der Waals surface area contributed by atoms with Gasteiger partial charge >= 0.3 is 0 Å². The molecule has 0 bridgehead atoms. The Balaban J connectivity index is 1.83. The molecule has 1 unspecified atom stereocenters. The number of fused-ring (bicyclic) bond motifs is 1. The summed E-state index contributed by atoms with van der Waals surface area (Å²) >= 11 is 0. The highest BCUT2D eigenvalue weighted by molar-refractivity contribution is 6.03. The lowest BCUT2D eigenvalue weighted by Gasteiger charge is -2.29. The van der Waals surface area contributed by atoms with Crippen molar-refractivity contribution >= 4 is 5.84 Å². The van der Waals surface area contributed by atoms with Gasteiger partial charge in [-0.2, -0.15) is 0 Å². The molecular formula is C23H15F2N5. The van der Waals surface area contributed by atoms with Crippen molar-refractivity contribution in [2.24, 2.45) is 10.7 Å². The van der Waals surface area contributed by atoms with E-state index in [0.717, 1.165) is 5.56 Å². The third-order valence-electron chi connectivity index (χ3n) is 5.30. The largest absolute Gasteiger partial charge is 0.383 e. The lowest BCUT2D eigenvalue weighted by molar-refractivity contribution is 0.611. The normalized spacial score (nSPS) is 17.5. The van der Waals surface area contributed by atoms with E-state index in [0.29, 0.717) is 22.3 Å². The second-order valence-corrected chi connectivity index (χ2v) is 6.93. The highest BCUT2D eigenvalue weighted by Gasteiger charge is 2.44. The zero-order chi connectivity index (χ0) is 20.7. The Morgan fingerprint density at radius 3 is 2.33 bits per heavy atom. The first kappa shape index (κ1) is 18.1. The second kappa shape index (κ2) is 6.81. The molecular weight excluding hydrogens is 384 g/mol. The summed E-state index contributed by atoms with van der Waals surface area (Å²) < 4.78 is 29.4. The van der Waals surface area contributed by atoms with Crippen LogP contribution in [0.15, 0.2) is 84.6 Å². The second-order valence-electron chi connectivity index (χ2n) is 6.93. The topological polar surface area (TPSA) is 77.0 Å². The minimum atomic E-state index is -1.14. The molecule has 3 heterocycles. The molecule has 2 aromatic heterocycles. The third kappa shape index (κ3) is 2.59. The zero-order valence-corrected chi connectivity index (χ0v) is 15.6. The van der Waals surface area contributed by atoms with Crippen LogP contribution in [-0.4, -0.2) is 20.8 Å². The number of nitrogens with two attached hydrogens (primary N) is 1. The van der Waals surface area contributed by atoms with Crippen molar-refractivity contribution in [1.29, 1.82) is 0 Å². The number of rotatable bonds is 3. The smallest absolute Gasteiger partial charge is 0.139 e. The van der Waals surface area contributed by atoms with Gasteiger partial charge in [0.15, 0.2) is 0 Å². The number of hydrogen-bond donors (Lipinski definition) is 1. The van der Waals surface area contributed by atoms with E-state index in [9.17, 15) is 8.78 Å². The maximum Gasteiger partial charge on any atom is 0.139 e. The van der Waals surface area contributed by atoms with Crippen molar-refractivity contribution in [3.63, 3.8) is 0 Å². The standard InChI is InChI=1S/C23H15F2N5/c24-19-5-4-16(10-17(19)14-11-28-13-29-12-14)23(15-6-8-27-9-7-15)18-2-1-3-20(25)21(18)22(26)30-23/h1-13H,(H2,26,30). The molecule has 5 nitrogen and oxygen atoms in total. The Hall–Kier alpha value is -4.00. The van der Waals surface area contributed by atoms with E-state index >= 15 is 0 Å². The van der Waals surface area contributed by atoms with Gasteiger partial charge in [-0.3, -0.25) is 4.98 Å². The molecule has 2 N–H and O–H groups in total. The fraction of sp³-hybridized carbons (Fsp3) is 0.0435. The van der Waals surface area contributed by atoms with Gasteiger partial charge < -0.3 is 5.73 Å². The van der Waals surface area contributed by atoms with Crippen molar-refractivity contribution in [2.45, 2.75) is 5.54 Å². The van der Waals surface area contributed by atoms with E-state index in [1.807, 2.05) is 0 Å². The van der Waals surface area contributed by atoms with Gasteiger partial charge in [0.05, 0.1) is 5.56 Å². The number of pyridine rings is 1. The Bertz CT molecular complexity index is 1280. The van der Waals surface area contributed by atoms with Gasteiger partial charge in [0.25, 0.3) is 0 Å². The Kier molecular flexibility index (Phi) is 4.10. The summed E-state index contributed by atoms with van der Waals surface area (Å²) in [5.41, 5.74) is 8.11. The summed E-state index contributed by atoms with van der Waals surface area (Å²) in [4.78, 5) is 16.8. The van der Waals surface area contributed by atoms with Crippen molar-refractivity contribution in [1.82, 2.24) is 15.0 Å². The van der Waals surface area contributed by atoms with Crippen LogP contribution >= 0.6 is 0 Å². The molecule has 1 aliphatic heterocycles. The van der Waals surface area contributed by atoms with Gasteiger partial charge in [0, 0.05) is 41.5 Å². The van der Waals surface area contributed by atoms with Crippen LogP contribution in [0, 0.1) is 11.6 Å². The molecule has 0 spiro atoms. The minimum Gasteiger partial charge on any atom is -0.383 e. The maximum atomic E-state index is 14.7. The summed E-state index contributed by atoms with van der Waals surface area (Å²) in [6, 6.07) is 13.0. The minimum absolute atomic E-state index is 0.0915. The summed E-state index contributed by atoms with van der Waals surface area (Å²) in [5.74, 6) is -0.787. The molecule has 1 aliphatic rings.